The highest BCUT2D eigenvalue weighted by Crippen LogP contribution is 2.41. The van der Waals surface area contributed by atoms with Crippen molar-refractivity contribution in [1.29, 1.82) is 0 Å². The van der Waals surface area contributed by atoms with Gasteiger partial charge >= 0.3 is 0 Å². The monoisotopic (exact) mass is 295 g/mol. The zero-order chi connectivity index (χ0) is 15.9. The summed E-state index contributed by atoms with van der Waals surface area (Å²) >= 11 is 0. The molecule has 3 rings (SSSR count). The van der Waals surface area contributed by atoms with Crippen LogP contribution in [0, 0.1) is 0 Å². The molecule has 5 nitrogen and oxygen atoms in total. The number of benzene rings is 1. The van der Waals surface area contributed by atoms with Crippen molar-refractivity contribution in [2.24, 2.45) is 0 Å². The van der Waals surface area contributed by atoms with Gasteiger partial charge in [0.25, 0.3) is 5.91 Å². The number of fused-ring (bicyclic) bond motifs is 1. The van der Waals surface area contributed by atoms with E-state index in [1.165, 1.54) is 0 Å². The Morgan fingerprint density at radius 3 is 2.68 bits per heavy atom. The second kappa shape index (κ2) is 4.94. The second-order valence-corrected chi connectivity index (χ2v) is 5.89. The van der Waals surface area contributed by atoms with Gasteiger partial charge in [-0.15, -0.1) is 0 Å². The molecule has 1 N–H and O–H groups in total. The van der Waals surface area contributed by atoms with Crippen molar-refractivity contribution < 1.29 is 9.59 Å². The first-order valence-electron chi connectivity index (χ1n) is 7.06. The molecular weight excluding hydrogens is 278 g/mol. The van der Waals surface area contributed by atoms with Crippen molar-refractivity contribution >= 4 is 23.3 Å². The molecule has 0 spiro atoms. The van der Waals surface area contributed by atoms with E-state index in [1.807, 2.05) is 26.0 Å². The van der Waals surface area contributed by atoms with Gasteiger partial charge in [0.2, 0.25) is 5.91 Å². The van der Waals surface area contributed by atoms with Gasteiger partial charge in [0, 0.05) is 24.5 Å². The number of anilines is 2. The highest BCUT2D eigenvalue weighted by atomic mass is 16.2. The maximum Gasteiger partial charge on any atom is 0.256 e. The molecule has 5 heteroatoms. The zero-order valence-corrected chi connectivity index (χ0v) is 12.8. The Morgan fingerprint density at radius 1 is 1.23 bits per heavy atom. The number of likely N-dealkylation sites (N-methyl/N-ethyl adjacent to an activating group) is 1. The van der Waals surface area contributed by atoms with E-state index in [-0.39, 0.29) is 11.8 Å². The van der Waals surface area contributed by atoms with Crippen LogP contribution in [0.5, 0.6) is 0 Å². The Balaban J connectivity index is 1.93. The van der Waals surface area contributed by atoms with Crippen molar-refractivity contribution in [1.82, 2.24) is 4.98 Å². The van der Waals surface area contributed by atoms with E-state index in [0.29, 0.717) is 11.4 Å². The Bertz CT molecular complexity index is 754. The summed E-state index contributed by atoms with van der Waals surface area (Å²) in [4.78, 5) is 30.3. The smallest absolute Gasteiger partial charge is 0.256 e. The fraction of sp³-hybridized carbons (Fsp3) is 0.235. The van der Waals surface area contributed by atoms with Crippen LogP contribution in [-0.2, 0) is 10.2 Å². The lowest BCUT2D eigenvalue weighted by molar-refractivity contribution is -0.121. The summed E-state index contributed by atoms with van der Waals surface area (Å²) < 4.78 is 0. The van der Waals surface area contributed by atoms with Gasteiger partial charge in [-0.05, 0) is 49.7 Å². The van der Waals surface area contributed by atoms with Crippen LogP contribution >= 0.6 is 0 Å². The molecule has 22 heavy (non-hydrogen) atoms. The first-order chi connectivity index (χ1) is 10.4. The third kappa shape index (κ3) is 2.15. The summed E-state index contributed by atoms with van der Waals surface area (Å²) in [7, 11) is 1.75. The molecule has 0 atom stereocenters. The SMILES string of the molecule is CN1C(=O)C(C)(C)c2cc(C(=O)Nc3ccccn3)ccc21. The summed E-state index contributed by atoms with van der Waals surface area (Å²) in [6, 6.07) is 10.6. The number of hydrogen-bond donors (Lipinski definition) is 1. The zero-order valence-electron chi connectivity index (χ0n) is 12.8. The minimum atomic E-state index is -0.620. The molecular formula is C17H17N3O2. The molecule has 1 aliphatic rings. The number of nitrogens with zero attached hydrogens (tertiary/aromatic N) is 2. The van der Waals surface area contributed by atoms with E-state index in [4.69, 9.17) is 0 Å². The van der Waals surface area contributed by atoms with E-state index in [1.54, 1.807) is 42.4 Å². The van der Waals surface area contributed by atoms with Gasteiger partial charge in [-0.25, -0.2) is 4.98 Å². The number of rotatable bonds is 2. The fourth-order valence-corrected chi connectivity index (χ4v) is 2.74. The lowest BCUT2D eigenvalue weighted by atomic mass is 9.85. The highest BCUT2D eigenvalue weighted by molar-refractivity contribution is 6.09. The third-order valence-electron chi connectivity index (χ3n) is 4.04. The molecule has 1 aliphatic heterocycles. The van der Waals surface area contributed by atoms with E-state index >= 15 is 0 Å². The highest BCUT2D eigenvalue weighted by Gasteiger charge is 2.42. The molecule has 2 amide bonds. The minimum Gasteiger partial charge on any atom is -0.314 e. The number of aromatic nitrogens is 1. The Morgan fingerprint density at radius 2 is 2.00 bits per heavy atom. The maximum absolute atomic E-state index is 12.3. The summed E-state index contributed by atoms with van der Waals surface area (Å²) in [5, 5.41) is 2.75. The van der Waals surface area contributed by atoms with Crippen LogP contribution in [0.25, 0.3) is 0 Å². The lowest BCUT2D eigenvalue weighted by Gasteiger charge is -2.16. The van der Waals surface area contributed by atoms with Crippen molar-refractivity contribution in [2.45, 2.75) is 19.3 Å². The molecule has 0 saturated carbocycles. The van der Waals surface area contributed by atoms with Crippen molar-refractivity contribution in [3.63, 3.8) is 0 Å². The van der Waals surface area contributed by atoms with Crippen molar-refractivity contribution in [3.05, 3.63) is 53.7 Å². The topological polar surface area (TPSA) is 62.3 Å². The van der Waals surface area contributed by atoms with Gasteiger partial charge in [0.1, 0.15) is 5.82 Å². The number of hydrogen-bond acceptors (Lipinski definition) is 3. The molecule has 1 aromatic heterocycles. The largest absolute Gasteiger partial charge is 0.314 e. The van der Waals surface area contributed by atoms with Gasteiger partial charge in [0.15, 0.2) is 0 Å². The van der Waals surface area contributed by atoms with Crippen LogP contribution in [0.3, 0.4) is 0 Å². The predicted octanol–water partition coefficient (Wildman–Crippen LogP) is 2.59. The molecule has 0 unspecified atom stereocenters. The molecule has 0 fully saturated rings. The summed E-state index contributed by atoms with van der Waals surface area (Å²) in [5.41, 5.74) is 1.62. The van der Waals surface area contributed by atoms with Crippen molar-refractivity contribution in [2.75, 3.05) is 17.3 Å². The average molecular weight is 295 g/mol. The van der Waals surface area contributed by atoms with Gasteiger partial charge in [-0.1, -0.05) is 6.07 Å². The molecule has 0 radical (unpaired) electrons. The molecule has 0 saturated heterocycles. The van der Waals surface area contributed by atoms with Gasteiger partial charge < -0.3 is 10.2 Å². The number of pyridine rings is 1. The van der Waals surface area contributed by atoms with E-state index in [9.17, 15) is 9.59 Å². The third-order valence-corrected chi connectivity index (χ3v) is 4.04. The molecule has 0 bridgehead atoms. The van der Waals surface area contributed by atoms with Crippen LogP contribution < -0.4 is 10.2 Å². The normalized spacial score (nSPS) is 15.6. The summed E-state index contributed by atoms with van der Waals surface area (Å²) in [6.45, 7) is 3.75. The van der Waals surface area contributed by atoms with E-state index in [2.05, 4.69) is 10.3 Å². The summed E-state index contributed by atoms with van der Waals surface area (Å²) in [5.74, 6) is 0.296. The van der Waals surface area contributed by atoms with Gasteiger partial charge in [-0.3, -0.25) is 9.59 Å². The first-order valence-corrected chi connectivity index (χ1v) is 7.06. The number of amides is 2. The Kier molecular flexibility index (Phi) is 3.20. The van der Waals surface area contributed by atoms with Gasteiger partial charge in [0.05, 0.1) is 5.41 Å². The van der Waals surface area contributed by atoms with Crippen LogP contribution in [0.1, 0.15) is 29.8 Å². The van der Waals surface area contributed by atoms with Crippen LogP contribution in [-0.4, -0.2) is 23.8 Å². The molecule has 1 aromatic carbocycles. The van der Waals surface area contributed by atoms with E-state index < -0.39 is 5.41 Å². The first kappa shape index (κ1) is 14.3. The fourth-order valence-electron chi connectivity index (χ4n) is 2.74. The molecule has 2 aromatic rings. The molecule has 2 heterocycles. The molecule has 0 aliphatic carbocycles. The quantitative estimate of drug-likeness (QED) is 0.926. The Hall–Kier alpha value is -2.69. The lowest BCUT2D eigenvalue weighted by Crippen LogP contribution is -2.33. The maximum atomic E-state index is 12.3. The van der Waals surface area contributed by atoms with Crippen molar-refractivity contribution in [3.8, 4) is 0 Å². The number of carbonyl (C=O) groups excluding carboxylic acids is 2. The Labute approximate surface area is 129 Å². The average Bonchev–Trinajstić information content (AvgIpc) is 2.69. The summed E-state index contributed by atoms with van der Waals surface area (Å²) in [6.07, 6.45) is 1.62. The van der Waals surface area contributed by atoms with Crippen LogP contribution in [0.4, 0.5) is 11.5 Å². The molecule has 112 valence electrons. The predicted molar refractivity (Wildman–Crippen MR) is 85.1 cm³/mol. The van der Waals surface area contributed by atoms with Crippen LogP contribution in [0.15, 0.2) is 42.6 Å². The van der Waals surface area contributed by atoms with E-state index in [0.717, 1.165) is 11.3 Å². The van der Waals surface area contributed by atoms with Gasteiger partial charge in [-0.2, -0.15) is 0 Å². The standard InChI is InChI=1S/C17H17N3O2/c1-17(2)12-10-11(7-8-13(12)20(3)16(17)22)15(21)19-14-6-4-5-9-18-14/h4-10H,1-3H3,(H,18,19,21). The second-order valence-electron chi connectivity index (χ2n) is 5.89. The van der Waals surface area contributed by atoms with Crippen LogP contribution in [0.2, 0.25) is 0 Å². The number of nitrogens with one attached hydrogen (secondary N) is 1. The number of carbonyl (C=O) groups is 2. The minimum absolute atomic E-state index is 0.0322.